The van der Waals surface area contributed by atoms with Crippen LogP contribution in [0.2, 0.25) is 0 Å². The maximum atomic E-state index is 11.8. The number of non-ortho nitro benzene ring substituents is 1. The molecule has 1 heterocycles. The lowest BCUT2D eigenvalue weighted by Crippen LogP contribution is -2.27. The predicted octanol–water partition coefficient (Wildman–Crippen LogP) is 0.224. The van der Waals surface area contributed by atoms with E-state index in [2.05, 4.69) is 10.3 Å². The molecule has 0 aliphatic rings. The zero-order chi connectivity index (χ0) is 14.7. The van der Waals surface area contributed by atoms with Crippen LogP contribution in [-0.4, -0.2) is 20.8 Å². The summed E-state index contributed by atoms with van der Waals surface area (Å²) in [6.45, 7) is 0. The number of nitrogens with zero attached hydrogens (tertiary/aromatic N) is 1. The summed E-state index contributed by atoms with van der Waals surface area (Å²) in [5, 5.41) is 12.9. The molecule has 20 heavy (non-hydrogen) atoms. The number of anilines is 1. The maximum Gasteiger partial charge on any atom is 0.326 e. The third-order valence-electron chi connectivity index (χ3n) is 2.32. The highest BCUT2D eigenvalue weighted by molar-refractivity contribution is 6.02. The molecule has 102 valence electrons. The van der Waals surface area contributed by atoms with Crippen LogP contribution in [-0.2, 0) is 0 Å². The maximum absolute atomic E-state index is 11.8. The van der Waals surface area contributed by atoms with Crippen LogP contribution in [0, 0.1) is 10.1 Å². The molecule has 0 bridgehead atoms. The Bertz CT molecular complexity index is 763. The molecule has 9 nitrogen and oxygen atoms in total. The molecular weight excluding hydrogens is 268 g/mol. The molecule has 1 aromatic heterocycles. The average molecular weight is 276 g/mol. The SMILES string of the molecule is O=C(Nc1cccc([N+](=O)[O-])c1)c1cc(=O)[nH]c(=O)[nH]1. The van der Waals surface area contributed by atoms with Crippen LogP contribution in [0.25, 0.3) is 0 Å². The van der Waals surface area contributed by atoms with Crippen LogP contribution >= 0.6 is 0 Å². The number of amides is 1. The van der Waals surface area contributed by atoms with Crippen LogP contribution < -0.4 is 16.6 Å². The highest BCUT2D eigenvalue weighted by Crippen LogP contribution is 2.17. The molecule has 9 heteroatoms. The minimum absolute atomic E-state index is 0.172. The standard InChI is InChI=1S/C11H8N4O5/c16-9-5-8(13-11(18)14-9)10(17)12-6-2-1-3-7(4-6)15(19)20/h1-5H,(H,12,17)(H2,13,14,16,18). The van der Waals surface area contributed by atoms with Gasteiger partial charge in [-0.15, -0.1) is 0 Å². The molecule has 0 spiro atoms. The quantitative estimate of drug-likeness (QED) is 0.543. The molecule has 3 N–H and O–H groups in total. The summed E-state index contributed by atoms with van der Waals surface area (Å²) in [5.74, 6) is -0.756. The molecule has 1 amide bonds. The molecule has 0 fully saturated rings. The highest BCUT2D eigenvalue weighted by Gasteiger charge is 2.11. The largest absolute Gasteiger partial charge is 0.326 e. The van der Waals surface area contributed by atoms with E-state index in [4.69, 9.17) is 0 Å². The molecule has 2 rings (SSSR count). The normalized spacial score (nSPS) is 10.0. The van der Waals surface area contributed by atoms with Gasteiger partial charge in [0.2, 0.25) is 0 Å². The Morgan fingerprint density at radius 3 is 2.60 bits per heavy atom. The van der Waals surface area contributed by atoms with Crippen LogP contribution in [0.5, 0.6) is 0 Å². The van der Waals surface area contributed by atoms with Gasteiger partial charge in [-0.3, -0.25) is 24.7 Å². The third-order valence-corrected chi connectivity index (χ3v) is 2.32. The van der Waals surface area contributed by atoms with Crippen molar-refractivity contribution < 1.29 is 9.72 Å². The van der Waals surface area contributed by atoms with E-state index in [0.717, 1.165) is 12.1 Å². The number of nitro groups is 1. The number of nitrogens with one attached hydrogen (secondary N) is 3. The van der Waals surface area contributed by atoms with E-state index in [9.17, 15) is 24.5 Å². The van der Waals surface area contributed by atoms with Gasteiger partial charge in [0.15, 0.2) is 0 Å². The monoisotopic (exact) mass is 276 g/mol. The van der Waals surface area contributed by atoms with E-state index in [1.54, 1.807) is 0 Å². The number of aromatic nitrogens is 2. The van der Waals surface area contributed by atoms with Gasteiger partial charge in [0, 0.05) is 23.9 Å². The third kappa shape index (κ3) is 2.96. The van der Waals surface area contributed by atoms with Crippen molar-refractivity contribution >= 4 is 17.3 Å². The Labute approximate surface area is 110 Å². The second kappa shape index (κ2) is 5.18. The van der Waals surface area contributed by atoms with Crippen molar-refractivity contribution in [3.05, 3.63) is 67.0 Å². The number of carbonyl (C=O) groups excluding carboxylic acids is 1. The first kappa shape index (κ1) is 13.2. The van der Waals surface area contributed by atoms with Gasteiger partial charge in [0.05, 0.1) is 4.92 Å². The van der Waals surface area contributed by atoms with Crippen LogP contribution in [0.4, 0.5) is 11.4 Å². The van der Waals surface area contributed by atoms with E-state index in [1.807, 2.05) is 4.98 Å². The molecule has 0 unspecified atom stereocenters. The summed E-state index contributed by atoms with van der Waals surface area (Å²) < 4.78 is 0. The number of hydrogen-bond donors (Lipinski definition) is 3. The minimum atomic E-state index is -0.818. The summed E-state index contributed by atoms with van der Waals surface area (Å²) in [6.07, 6.45) is 0. The Morgan fingerprint density at radius 1 is 1.20 bits per heavy atom. The highest BCUT2D eigenvalue weighted by atomic mass is 16.6. The van der Waals surface area contributed by atoms with Gasteiger partial charge in [0.1, 0.15) is 5.69 Å². The topological polar surface area (TPSA) is 138 Å². The lowest BCUT2D eigenvalue weighted by Gasteiger charge is -2.04. The molecule has 0 radical (unpaired) electrons. The van der Waals surface area contributed by atoms with Gasteiger partial charge >= 0.3 is 5.69 Å². The van der Waals surface area contributed by atoms with Crippen molar-refractivity contribution in [3.8, 4) is 0 Å². The van der Waals surface area contributed by atoms with Crippen LogP contribution in [0.1, 0.15) is 10.5 Å². The summed E-state index contributed by atoms with van der Waals surface area (Å²) in [5.41, 5.74) is -1.81. The second-order valence-electron chi connectivity index (χ2n) is 3.76. The molecule has 0 saturated carbocycles. The van der Waals surface area contributed by atoms with Gasteiger partial charge in [-0.2, -0.15) is 0 Å². The first-order valence-electron chi connectivity index (χ1n) is 5.35. The number of carbonyl (C=O) groups is 1. The molecule has 0 aliphatic heterocycles. The van der Waals surface area contributed by atoms with E-state index in [0.29, 0.717) is 0 Å². The fraction of sp³-hybridized carbons (Fsp3) is 0. The van der Waals surface area contributed by atoms with Gasteiger partial charge in [-0.05, 0) is 6.07 Å². The van der Waals surface area contributed by atoms with Crippen LogP contribution in [0.15, 0.2) is 39.9 Å². The van der Waals surface area contributed by atoms with Crippen molar-refractivity contribution in [2.24, 2.45) is 0 Å². The first-order valence-corrected chi connectivity index (χ1v) is 5.35. The van der Waals surface area contributed by atoms with Crippen molar-refractivity contribution in [2.75, 3.05) is 5.32 Å². The Balaban J connectivity index is 2.27. The van der Waals surface area contributed by atoms with E-state index < -0.39 is 22.1 Å². The van der Waals surface area contributed by atoms with E-state index in [-0.39, 0.29) is 17.1 Å². The minimum Gasteiger partial charge on any atom is -0.320 e. The summed E-state index contributed by atoms with van der Waals surface area (Å²) in [7, 11) is 0. The average Bonchev–Trinajstić information content (AvgIpc) is 2.37. The van der Waals surface area contributed by atoms with Crippen LogP contribution in [0.3, 0.4) is 0 Å². The molecule has 0 aliphatic carbocycles. The Kier molecular flexibility index (Phi) is 3.42. The number of H-pyrrole nitrogens is 2. The van der Waals surface area contributed by atoms with Crippen molar-refractivity contribution in [2.45, 2.75) is 0 Å². The molecule has 0 atom stereocenters. The van der Waals surface area contributed by atoms with Gasteiger partial charge in [0.25, 0.3) is 17.2 Å². The van der Waals surface area contributed by atoms with E-state index >= 15 is 0 Å². The van der Waals surface area contributed by atoms with Gasteiger partial charge in [-0.1, -0.05) is 6.07 Å². The second-order valence-corrected chi connectivity index (χ2v) is 3.76. The molecular formula is C11H8N4O5. The number of aromatic amines is 2. The Morgan fingerprint density at radius 2 is 1.95 bits per heavy atom. The number of benzene rings is 1. The van der Waals surface area contributed by atoms with Gasteiger partial charge in [-0.25, -0.2) is 4.79 Å². The van der Waals surface area contributed by atoms with E-state index in [1.165, 1.54) is 18.2 Å². The zero-order valence-corrected chi connectivity index (χ0v) is 9.88. The fourth-order valence-corrected chi connectivity index (χ4v) is 1.49. The number of rotatable bonds is 3. The number of hydrogen-bond acceptors (Lipinski definition) is 5. The van der Waals surface area contributed by atoms with Crippen molar-refractivity contribution in [1.29, 1.82) is 0 Å². The summed E-state index contributed by atoms with van der Waals surface area (Å²) in [4.78, 5) is 48.0. The molecule has 2 aromatic rings. The molecule has 0 saturated heterocycles. The number of nitro benzene ring substituents is 1. The zero-order valence-electron chi connectivity index (χ0n) is 9.88. The summed E-state index contributed by atoms with van der Waals surface area (Å²) >= 11 is 0. The molecule has 1 aromatic carbocycles. The fourth-order valence-electron chi connectivity index (χ4n) is 1.49. The Hall–Kier alpha value is -3.23. The van der Waals surface area contributed by atoms with Gasteiger partial charge < -0.3 is 10.3 Å². The first-order chi connectivity index (χ1) is 9.45. The summed E-state index contributed by atoms with van der Waals surface area (Å²) in [6, 6.07) is 6.17. The predicted molar refractivity (Wildman–Crippen MR) is 68.7 cm³/mol. The lowest BCUT2D eigenvalue weighted by molar-refractivity contribution is -0.384. The van der Waals surface area contributed by atoms with Crippen molar-refractivity contribution in [1.82, 2.24) is 9.97 Å². The smallest absolute Gasteiger partial charge is 0.320 e. The van der Waals surface area contributed by atoms with Crippen molar-refractivity contribution in [3.63, 3.8) is 0 Å². The lowest BCUT2D eigenvalue weighted by atomic mass is 10.2.